The number of halogens is 4. The molecule has 0 bridgehead atoms. The molecule has 0 spiro atoms. The van der Waals surface area contributed by atoms with Crippen molar-refractivity contribution >= 4 is 16.8 Å². The number of Topliss-reactive ketones (excluding diaryl/α,β-unsaturated/α-hetero) is 1. The molecule has 0 amide bonds. The zero-order valence-electron chi connectivity index (χ0n) is 10.8. The molecule has 0 radical (unpaired) electrons. The molecule has 0 aliphatic carbocycles. The number of carbonyl (C=O) groups is 1. The lowest BCUT2D eigenvalue weighted by Gasteiger charge is -2.14. The summed E-state index contributed by atoms with van der Waals surface area (Å²) in [6, 6.07) is 2.95. The quantitative estimate of drug-likeness (QED) is 0.634. The predicted octanol–water partition coefficient (Wildman–Crippen LogP) is 3.91. The molecule has 108 valence electrons. The SMILES string of the molecule is CC(C)C(=O)c1cn([C@H](F)C(F)(F)F)c2ncccc12. The molecule has 0 aromatic carbocycles. The fourth-order valence-electron chi connectivity index (χ4n) is 1.92. The van der Waals surface area contributed by atoms with Crippen molar-refractivity contribution in [3.63, 3.8) is 0 Å². The molecular formula is C13H12F4N2O. The summed E-state index contributed by atoms with van der Waals surface area (Å²) in [7, 11) is 0. The van der Waals surface area contributed by atoms with Crippen LogP contribution in [0.1, 0.15) is 30.5 Å². The number of hydrogen-bond acceptors (Lipinski definition) is 2. The van der Waals surface area contributed by atoms with Gasteiger partial charge in [0.2, 0.25) is 0 Å². The fourth-order valence-corrected chi connectivity index (χ4v) is 1.92. The molecule has 2 aromatic heterocycles. The van der Waals surface area contributed by atoms with Crippen LogP contribution in [0.5, 0.6) is 0 Å². The van der Waals surface area contributed by atoms with Crippen LogP contribution < -0.4 is 0 Å². The highest BCUT2D eigenvalue weighted by molar-refractivity contribution is 6.08. The number of nitrogens with zero attached hydrogens (tertiary/aromatic N) is 2. The Bertz CT molecular complexity index is 645. The second-order valence-corrected chi connectivity index (χ2v) is 4.72. The van der Waals surface area contributed by atoms with E-state index in [1.54, 1.807) is 13.8 Å². The molecule has 0 aliphatic heterocycles. The van der Waals surface area contributed by atoms with Gasteiger partial charge in [-0.15, -0.1) is 0 Å². The molecule has 0 aliphatic rings. The number of rotatable bonds is 3. The van der Waals surface area contributed by atoms with Crippen molar-refractivity contribution in [1.82, 2.24) is 9.55 Å². The average molecular weight is 288 g/mol. The maximum atomic E-state index is 13.5. The van der Waals surface area contributed by atoms with Gasteiger partial charge in [0.25, 0.3) is 6.30 Å². The Morgan fingerprint density at radius 2 is 2.00 bits per heavy atom. The molecule has 2 heterocycles. The standard InChI is InChI=1S/C13H12F4N2O/c1-7(2)10(20)9-6-19(12(14)13(15,16)17)11-8(9)4-3-5-18-11/h3-7,12H,1-2H3/t12-/m0/s1. The van der Waals surface area contributed by atoms with Crippen molar-refractivity contribution in [2.45, 2.75) is 26.3 Å². The summed E-state index contributed by atoms with van der Waals surface area (Å²) in [6.45, 7) is 3.25. The van der Waals surface area contributed by atoms with Crippen LogP contribution in [0.15, 0.2) is 24.5 Å². The van der Waals surface area contributed by atoms with Crippen LogP contribution in [0.3, 0.4) is 0 Å². The third kappa shape index (κ3) is 2.39. The lowest BCUT2D eigenvalue weighted by molar-refractivity contribution is -0.203. The number of alkyl halides is 4. The molecule has 20 heavy (non-hydrogen) atoms. The van der Waals surface area contributed by atoms with Gasteiger partial charge in [-0.3, -0.25) is 9.36 Å². The van der Waals surface area contributed by atoms with E-state index in [2.05, 4.69) is 4.98 Å². The largest absolute Gasteiger partial charge is 0.439 e. The molecule has 1 atom stereocenters. The van der Waals surface area contributed by atoms with Gasteiger partial charge in [-0.25, -0.2) is 9.37 Å². The van der Waals surface area contributed by atoms with Gasteiger partial charge < -0.3 is 0 Å². The molecule has 7 heteroatoms. The Morgan fingerprint density at radius 1 is 1.35 bits per heavy atom. The maximum Gasteiger partial charge on any atom is 0.439 e. The Labute approximate surface area is 112 Å². The molecule has 0 unspecified atom stereocenters. The second-order valence-electron chi connectivity index (χ2n) is 4.72. The number of ketones is 1. The Kier molecular flexibility index (Phi) is 3.54. The Hall–Kier alpha value is -1.92. The summed E-state index contributed by atoms with van der Waals surface area (Å²) in [5.41, 5.74) is -0.142. The third-order valence-corrected chi connectivity index (χ3v) is 2.89. The van der Waals surface area contributed by atoms with Crippen molar-refractivity contribution in [1.29, 1.82) is 0 Å². The zero-order chi connectivity index (χ0) is 15.1. The zero-order valence-corrected chi connectivity index (χ0v) is 10.8. The minimum Gasteiger partial charge on any atom is -0.294 e. The van der Waals surface area contributed by atoms with Crippen LogP contribution in [-0.2, 0) is 0 Å². The van der Waals surface area contributed by atoms with Crippen LogP contribution in [0.4, 0.5) is 17.6 Å². The summed E-state index contributed by atoms with van der Waals surface area (Å²) in [4.78, 5) is 15.7. The number of aromatic nitrogens is 2. The monoisotopic (exact) mass is 288 g/mol. The van der Waals surface area contributed by atoms with Gasteiger partial charge in [0.05, 0.1) is 0 Å². The fraction of sp³-hybridized carbons (Fsp3) is 0.385. The molecule has 2 rings (SSSR count). The summed E-state index contributed by atoms with van der Waals surface area (Å²) in [5, 5.41) is 0.220. The summed E-state index contributed by atoms with van der Waals surface area (Å²) in [6.07, 6.45) is -6.14. The Morgan fingerprint density at radius 3 is 2.55 bits per heavy atom. The number of hydrogen-bond donors (Lipinski definition) is 0. The van der Waals surface area contributed by atoms with Gasteiger partial charge >= 0.3 is 6.18 Å². The molecule has 0 fully saturated rings. The van der Waals surface area contributed by atoms with Crippen molar-refractivity contribution in [3.8, 4) is 0 Å². The van der Waals surface area contributed by atoms with Gasteiger partial charge in [0.1, 0.15) is 5.65 Å². The van der Waals surface area contributed by atoms with E-state index in [0.29, 0.717) is 4.57 Å². The summed E-state index contributed by atoms with van der Waals surface area (Å²) < 4.78 is 51.5. The molecule has 0 N–H and O–H groups in total. The van der Waals surface area contributed by atoms with E-state index >= 15 is 0 Å². The number of carbonyl (C=O) groups excluding carboxylic acids is 1. The smallest absolute Gasteiger partial charge is 0.294 e. The topological polar surface area (TPSA) is 34.9 Å². The van der Waals surface area contributed by atoms with Crippen molar-refractivity contribution in [2.75, 3.05) is 0 Å². The van der Waals surface area contributed by atoms with E-state index in [4.69, 9.17) is 0 Å². The molecule has 0 saturated carbocycles. The molecule has 2 aromatic rings. The summed E-state index contributed by atoms with van der Waals surface area (Å²) >= 11 is 0. The van der Waals surface area contributed by atoms with Crippen molar-refractivity contribution in [3.05, 3.63) is 30.1 Å². The van der Waals surface area contributed by atoms with E-state index in [0.717, 1.165) is 6.20 Å². The molecular weight excluding hydrogens is 276 g/mol. The normalized spacial score (nSPS) is 13.9. The van der Waals surface area contributed by atoms with Crippen molar-refractivity contribution < 1.29 is 22.4 Å². The second kappa shape index (κ2) is 4.88. The highest BCUT2D eigenvalue weighted by Crippen LogP contribution is 2.35. The van der Waals surface area contributed by atoms with E-state index in [9.17, 15) is 22.4 Å². The van der Waals surface area contributed by atoms with Gasteiger partial charge in [-0.05, 0) is 12.1 Å². The van der Waals surface area contributed by atoms with Gasteiger partial charge in [-0.1, -0.05) is 13.8 Å². The van der Waals surface area contributed by atoms with Crippen molar-refractivity contribution in [2.24, 2.45) is 5.92 Å². The molecule has 3 nitrogen and oxygen atoms in total. The first kappa shape index (κ1) is 14.5. The van der Waals surface area contributed by atoms with E-state index < -0.39 is 18.4 Å². The highest BCUT2D eigenvalue weighted by Gasteiger charge is 2.43. The lowest BCUT2D eigenvalue weighted by atomic mass is 10.0. The van der Waals surface area contributed by atoms with E-state index in [1.807, 2.05) is 0 Å². The van der Waals surface area contributed by atoms with Crippen LogP contribution in [0.25, 0.3) is 11.0 Å². The van der Waals surface area contributed by atoms with Crippen LogP contribution >= 0.6 is 0 Å². The minimum absolute atomic E-state index is 0.0509. The van der Waals surface area contributed by atoms with Crippen LogP contribution in [-0.4, -0.2) is 21.5 Å². The van der Waals surface area contributed by atoms with Crippen LogP contribution in [0, 0.1) is 5.92 Å². The lowest BCUT2D eigenvalue weighted by Crippen LogP contribution is -2.22. The predicted molar refractivity (Wildman–Crippen MR) is 65.1 cm³/mol. The van der Waals surface area contributed by atoms with E-state index in [1.165, 1.54) is 18.3 Å². The van der Waals surface area contributed by atoms with Gasteiger partial charge in [0, 0.05) is 29.3 Å². The van der Waals surface area contributed by atoms with Gasteiger partial charge in [-0.2, -0.15) is 13.2 Å². The molecule has 0 saturated heterocycles. The maximum absolute atomic E-state index is 13.5. The van der Waals surface area contributed by atoms with Crippen LogP contribution in [0.2, 0.25) is 0 Å². The highest BCUT2D eigenvalue weighted by atomic mass is 19.4. The first-order chi connectivity index (χ1) is 9.23. The first-order valence-electron chi connectivity index (χ1n) is 5.94. The summed E-state index contributed by atoms with van der Waals surface area (Å²) in [5.74, 6) is -0.755. The average Bonchev–Trinajstić information content (AvgIpc) is 2.75. The van der Waals surface area contributed by atoms with E-state index in [-0.39, 0.29) is 22.4 Å². The van der Waals surface area contributed by atoms with Gasteiger partial charge in [0.15, 0.2) is 5.78 Å². The first-order valence-corrected chi connectivity index (χ1v) is 5.94. The third-order valence-electron chi connectivity index (χ3n) is 2.89. The Balaban J connectivity index is 2.66. The number of fused-ring (bicyclic) bond motifs is 1. The number of pyridine rings is 1. The minimum atomic E-state index is -5.05.